The molecule has 1 amide bonds. The lowest BCUT2D eigenvalue weighted by Crippen LogP contribution is -2.45. The molecule has 0 rings (SSSR count). The summed E-state index contributed by atoms with van der Waals surface area (Å²) in [6, 6.07) is -0.925. The second kappa shape index (κ2) is 10.2. The van der Waals surface area contributed by atoms with Crippen molar-refractivity contribution in [1.29, 1.82) is 0 Å². The number of esters is 2. The summed E-state index contributed by atoms with van der Waals surface area (Å²) in [5.41, 5.74) is 0. The van der Waals surface area contributed by atoms with Crippen LogP contribution in [0.4, 0.5) is 0 Å². The Bertz CT molecular complexity index is 396. The molecule has 0 aromatic carbocycles. The van der Waals surface area contributed by atoms with Crippen LogP contribution in [0.2, 0.25) is 0 Å². The summed E-state index contributed by atoms with van der Waals surface area (Å²) in [6.45, 7) is 5.20. The van der Waals surface area contributed by atoms with Crippen molar-refractivity contribution in [2.45, 2.75) is 33.2 Å². The summed E-state index contributed by atoms with van der Waals surface area (Å²) in [7, 11) is 1.19. The summed E-state index contributed by atoms with van der Waals surface area (Å²) in [5, 5.41) is 2.09. The lowest BCUT2D eigenvalue weighted by atomic mass is 10.2. The molecule has 120 valence electrons. The van der Waals surface area contributed by atoms with Gasteiger partial charge >= 0.3 is 11.9 Å². The van der Waals surface area contributed by atoms with Gasteiger partial charge in [0.05, 0.1) is 13.7 Å². The maximum atomic E-state index is 11.7. The fourth-order valence-corrected chi connectivity index (χ4v) is 1.96. The molecule has 8 heteroatoms. The van der Waals surface area contributed by atoms with Gasteiger partial charge in [-0.25, -0.2) is 4.79 Å². The van der Waals surface area contributed by atoms with E-state index in [4.69, 9.17) is 4.74 Å². The van der Waals surface area contributed by atoms with Crippen molar-refractivity contribution >= 4 is 34.7 Å². The van der Waals surface area contributed by atoms with Gasteiger partial charge < -0.3 is 14.8 Å². The van der Waals surface area contributed by atoms with Crippen molar-refractivity contribution in [3.8, 4) is 0 Å². The predicted molar refractivity (Wildman–Crippen MR) is 77.5 cm³/mol. The van der Waals surface area contributed by atoms with Crippen molar-refractivity contribution in [3.63, 3.8) is 0 Å². The minimum Gasteiger partial charge on any atom is -0.469 e. The van der Waals surface area contributed by atoms with Crippen LogP contribution < -0.4 is 5.32 Å². The third kappa shape index (κ3) is 8.34. The van der Waals surface area contributed by atoms with Gasteiger partial charge in [0.1, 0.15) is 12.5 Å². The second-order valence-corrected chi connectivity index (χ2v) is 5.48. The van der Waals surface area contributed by atoms with E-state index in [1.54, 1.807) is 20.8 Å². The molecule has 0 aliphatic heterocycles. The molecule has 21 heavy (non-hydrogen) atoms. The predicted octanol–water partition coefficient (Wildman–Crippen LogP) is 0.513. The Morgan fingerprint density at radius 3 is 2.29 bits per heavy atom. The number of nitrogens with one attached hydrogen (secondary N) is 1. The molecule has 1 N–H and O–H groups in total. The van der Waals surface area contributed by atoms with Crippen LogP contribution in [-0.2, 0) is 28.7 Å². The lowest BCUT2D eigenvalue weighted by molar-refractivity contribution is -0.147. The van der Waals surface area contributed by atoms with Crippen LogP contribution in [0.3, 0.4) is 0 Å². The zero-order chi connectivity index (χ0) is 16.4. The number of amides is 1. The Morgan fingerprint density at radius 2 is 1.81 bits per heavy atom. The molecular formula is C13H21NO6S. The number of carbonyl (C=O) groups excluding carboxylic acids is 4. The van der Waals surface area contributed by atoms with Crippen LogP contribution in [-0.4, -0.2) is 48.5 Å². The highest BCUT2D eigenvalue weighted by atomic mass is 32.2. The molecule has 0 fully saturated rings. The van der Waals surface area contributed by atoms with E-state index in [-0.39, 0.29) is 30.6 Å². The molecule has 1 unspecified atom stereocenters. The number of rotatable bonds is 8. The number of ether oxygens (including phenoxy) is 2. The van der Waals surface area contributed by atoms with E-state index in [1.807, 2.05) is 0 Å². The fraction of sp³-hybridized carbons (Fsp3) is 0.692. The van der Waals surface area contributed by atoms with Gasteiger partial charge in [-0.1, -0.05) is 25.6 Å². The molecule has 0 aliphatic carbocycles. The maximum Gasteiger partial charge on any atom is 0.329 e. The van der Waals surface area contributed by atoms with Crippen molar-refractivity contribution in [1.82, 2.24) is 5.32 Å². The van der Waals surface area contributed by atoms with E-state index >= 15 is 0 Å². The van der Waals surface area contributed by atoms with Gasteiger partial charge in [0, 0.05) is 11.7 Å². The van der Waals surface area contributed by atoms with Gasteiger partial charge in [0.2, 0.25) is 5.91 Å². The number of hydrogen-bond acceptors (Lipinski definition) is 7. The Balaban J connectivity index is 4.53. The Labute approximate surface area is 128 Å². The van der Waals surface area contributed by atoms with E-state index < -0.39 is 23.1 Å². The zero-order valence-corrected chi connectivity index (χ0v) is 13.5. The molecule has 0 radical (unpaired) electrons. The van der Waals surface area contributed by atoms with E-state index in [1.165, 1.54) is 7.11 Å². The molecule has 0 saturated heterocycles. The molecule has 0 saturated carbocycles. The Morgan fingerprint density at radius 1 is 1.19 bits per heavy atom. The quantitative estimate of drug-likeness (QED) is 0.514. The van der Waals surface area contributed by atoms with Gasteiger partial charge in [-0.2, -0.15) is 0 Å². The standard InChI is InChI=1S/C13H21NO6S/c1-5-20-13(18)9(14-12(17)8(2)3)7-21-11(16)6-10(15)19-4/h8-9H,5-7H2,1-4H3,(H,14,17). The van der Waals surface area contributed by atoms with Crippen molar-refractivity contribution in [2.24, 2.45) is 5.92 Å². The molecule has 7 nitrogen and oxygen atoms in total. The van der Waals surface area contributed by atoms with Gasteiger partial charge in [-0.15, -0.1) is 0 Å². The van der Waals surface area contributed by atoms with E-state index in [2.05, 4.69) is 10.1 Å². The Kier molecular flexibility index (Phi) is 9.44. The molecule has 0 bridgehead atoms. The zero-order valence-electron chi connectivity index (χ0n) is 12.6. The van der Waals surface area contributed by atoms with Crippen LogP contribution in [0.25, 0.3) is 0 Å². The molecular weight excluding hydrogens is 298 g/mol. The summed E-state index contributed by atoms with van der Waals surface area (Å²) in [6.07, 6.45) is -0.380. The average Bonchev–Trinajstić information content (AvgIpc) is 2.42. The van der Waals surface area contributed by atoms with Crippen LogP contribution in [0.5, 0.6) is 0 Å². The summed E-state index contributed by atoms with van der Waals surface area (Å²) < 4.78 is 9.22. The minimum atomic E-state index is -0.925. The lowest BCUT2D eigenvalue weighted by Gasteiger charge is -2.17. The molecule has 1 atom stereocenters. The SMILES string of the molecule is CCOC(=O)C(CSC(=O)CC(=O)OC)NC(=O)C(C)C. The highest BCUT2D eigenvalue weighted by Crippen LogP contribution is 2.10. The topological polar surface area (TPSA) is 98.8 Å². The van der Waals surface area contributed by atoms with Crippen molar-refractivity contribution in [3.05, 3.63) is 0 Å². The Hall–Kier alpha value is -1.57. The van der Waals surface area contributed by atoms with Crippen LogP contribution in [0.15, 0.2) is 0 Å². The maximum absolute atomic E-state index is 11.7. The van der Waals surface area contributed by atoms with Gasteiger partial charge in [-0.05, 0) is 6.92 Å². The fourth-order valence-electron chi connectivity index (χ4n) is 1.17. The highest BCUT2D eigenvalue weighted by molar-refractivity contribution is 8.13. The number of methoxy groups -OCH3 is 1. The first-order valence-corrected chi connectivity index (χ1v) is 7.49. The van der Waals surface area contributed by atoms with E-state index in [0.29, 0.717) is 0 Å². The first-order valence-electron chi connectivity index (χ1n) is 6.51. The molecule has 0 spiro atoms. The van der Waals surface area contributed by atoms with Crippen LogP contribution in [0.1, 0.15) is 27.2 Å². The third-order valence-corrected chi connectivity index (χ3v) is 3.31. The largest absolute Gasteiger partial charge is 0.469 e. The number of carbonyl (C=O) groups is 4. The van der Waals surface area contributed by atoms with Crippen molar-refractivity contribution in [2.75, 3.05) is 19.5 Å². The number of thioether (sulfide) groups is 1. The van der Waals surface area contributed by atoms with Crippen molar-refractivity contribution < 1.29 is 28.7 Å². The first kappa shape index (κ1) is 19.4. The van der Waals surface area contributed by atoms with E-state index in [9.17, 15) is 19.2 Å². The monoisotopic (exact) mass is 319 g/mol. The van der Waals surface area contributed by atoms with Gasteiger partial charge in [0.25, 0.3) is 0 Å². The summed E-state index contributed by atoms with van der Waals surface area (Å²) in [4.78, 5) is 45.8. The van der Waals surface area contributed by atoms with Crippen LogP contribution >= 0.6 is 11.8 Å². The molecule has 0 aliphatic rings. The number of hydrogen-bond donors (Lipinski definition) is 1. The summed E-state index contributed by atoms with van der Waals surface area (Å²) in [5.74, 6) is -1.85. The third-order valence-electron chi connectivity index (χ3n) is 2.34. The van der Waals surface area contributed by atoms with E-state index in [0.717, 1.165) is 11.8 Å². The molecule has 0 aromatic heterocycles. The minimum absolute atomic E-state index is 0.00706. The highest BCUT2D eigenvalue weighted by Gasteiger charge is 2.25. The van der Waals surface area contributed by atoms with Gasteiger partial charge in [0.15, 0.2) is 5.12 Å². The smallest absolute Gasteiger partial charge is 0.329 e. The van der Waals surface area contributed by atoms with Gasteiger partial charge in [-0.3, -0.25) is 14.4 Å². The molecule has 0 heterocycles. The first-order chi connectivity index (χ1) is 9.81. The molecule has 0 aromatic rings. The second-order valence-electron chi connectivity index (χ2n) is 4.40. The van der Waals surface area contributed by atoms with Crippen LogP contribution in [0, 0.1) is 5.92 Å². The average molecular weight is 319 g/mol. The summed E-state index contributed by atoms with van der Waals surface area (Å²) >= 11 is 0.781. The normalized spacial score (nSPS) is 11.7.